The van der Waals surface area contributed by atoms with Crippen LogP contribution in [0, 0.1) is 5.92 Å². The van der Waals surface area contributed by atoms with Gasteiger partial charge in [0.15, 0.2) is 5.82 Å². The van der Waals surface area contributed by atoms with Crippen molar-refractivity contribution < 1.29 is 14.4 Å². The highest BCUT2D eigenvalue weighted by Gasteiger charge is 2.31. The van der Waals surface area contributed by atoms with Gasteiger partial charge in [-0.05, 0) is 82.3 Å². The first-order valence-electron chi connectivity index (χ1n) is 13.2. The fourth-order valence-corrected chi connectivity index (χ4v) is 5.19. The van der Waals surface area contributed by atoms with E-state index in [-0.39, 0.29) is 24.3 Å². The zero-order valence-electron chi connectivity index (χ0n) is 21.4. The minimum atomic E-state index is -0.242. The molecule has 0 unspecified atom stereocenters. The molecule has 0 atom stereocenters. The molecule has 3 heterocycles. The summed E-state index contributed by atoms with van der Waals surface area (Å²) in [5.41, 5.74) is 1.55. The fourth-order valence-electron chi connectivity index (χ4n) is 5.19. The molecule has 36 heavy (non-hydrogen) atoms. The Morgan fingerprint density at radius 1 is 1.11 bits per heavy atom. The molecule has 192 valence electrons. The highest BCUT2D eigenvalue weighted by molar-refractivity contribution is 6.17. The van der Waals surface area contributed by atoms with Gasteiger partial charge in [-0.1, -0.05) is 19.1 Å². The highest BCUT2D eigenvalue weighted by Crippen LogP contribution is 2.36. The number of hydrogen-bond donors (Lipinski definition) is 1. The lowest BCUT2D eigenvalue weighted by Gasteiger charge is -2.33. The second-order valence-electron chi connectivity index (χ2n) is 9.66. The van der Waals surface area contributed by atoms with Gasteiger partial charge in [0.1, 0.15) is 0 Å². The molecule has 4 rings (SSSR count). The lowest BCUT2D eigenvalue weighted by Crippen LogP contribution is -2.42. The lowest BCUT2D eigenvalue weighted by molar-refractivity contribution is -0.131. The average molecular weight is 492 g/mol. The molecule has 0 aliphatic carbocycles. The van der Waals surface area contributed by atoms with Gasteiger partial charge in [-0.15, -0.1) is 0 Å². The molecule has 1 aromatic heterocycles. The van der Waals surface area contributed by atoms with E-state index in [2.05, 4.69) is 15.2 Å². The van der Waals surface area contributed by atoms with Crippen LogP contribution < -0.4 is 10.2 Å². The quantitative estimate of drug-likeness (QED) is 0.560. The summed E-state index contributed by atoms with van der Waals surface area (Å²) in [5, 5.41) is 2.88. The van der Waals surface area contributed by atoms with Gasteiger partial charge in [0.05, 0.1) is 23.5 Å². The number of anilines is 3. The van der Waals surface area contributed by atoms with Crippen molar-refractivity contribution in [2.75, 3.05) is 42.9 Å². The van der Waals surface area contributed by atoms with Crippen LogP contribution in [0.1, 0.15) is 62.7 Å². The number of nitrogens with one attached hydrogen (secondary N) is 1. The Morgan fingerprint density at radius 3 is 2.64 bits per heavy atom. The molecule has 1 fully saturated rings. The van der Waals surface area contributed by atoms with Gasteiger partial charge in [0.25, 0.3) is 5.91 Å². The molecule has 2 aromatic rings. The summed E-state index contributed by atoms with van der Waals surface area (Å²) >= 11 is 0. The number of pyridine rings is 1. The standard InChI is InChI=1S/C28H37N5O3/c1-3-9-25(34)32(4-2)17-8-10-21-14-18-31(19-15-21)20-26(35)33-24-13-6-5-11-22(24)28(36)30-23-12-7-16-29-27(23)33/h5-7,11-13,16,21H,3-4,8-10,14-15,17-20H2,1-2H3,(H,30,36). The summed E-state index contributed by atoms with van der Waals surface area (Å²) in [6.45, 7) is 7.71. The smallest absolute Gasteiger partial charge is 0.257 e. The minimum Gasteiger partial charge on any atom is -0.343 e. The SMILES string of the molecule is CCCC(=O)N(CC)CCCC1CCN(CC(=O)N2c3ccccc3C(=O)Nc3cccnc32)CC1. The monoisotopic (exact) mass is 491 g/mol. The van der Waals surface area contributed by atoms with E-state index in [9.17, 15) is 14.4 Å². The number of likely N-dealkylation sites (tertiary alicyclic amines) is 1. The summed E-state index contributed by atoms with van der Waals surface area (Å²) in [5.74, 6) is 1.00. The van der Waals surface area contributed by atoms with Gasteiger partial charge in [-0.25, -0.2) is 4.98 Å². The largest absolute Gasteiger partial charge is 0.343 e. The Bertz CT molecular complexity index is 1080. The third-order valence-electron chi connectivity index (χ3n) is 7.19. The van der Waals surface area contributed by atoms with Crippen molar-refractivity contribution in [3.63, 3.8) is 0 Å². The van der Waals surface area contributed by atoms with Crippen molar-refractivity contribution in [1.82, 2.24) is 14.8 Å². The summed E-state index contributed by atoms with van der Waals surface area (Å²) in [6, 6.07) is 10.7. The normalized spacial score (nSPS) is 16.1. The number of aromatic nitrogens is 1. The van der Waals surface area contributed by atoms with Crippen LogP contribution in [-0.4, -0.2) is 65.2 Å². The molecule has 1 aromatic carbocycles. The maximum absolute atomic E-state index is 13.6. The van der Waals surface area contributed by atoms with Gasteiger partial charge in [-0.3, -0.25) is 24.2 Å². The zero-order chi connectivity index (χ0) is 25.5. The van der Waals surface area contributed by atoms with Gasteiger partial charge >= 0.3 is 0 Å². The average Bonchev–Trinajstić information content (AvgIpc) is 3.01. The Hall–Kier alpha value is -3.26. The molecular weight excluding hydrogens is 454 g/mol. The molecule has 8 heteroatoms. The topological polar surface area (TPSA) is 85.9 Å². The molecule has 1 saturated heterocycles. The molecule has 0 radical (unpaired) electrons. The maximum Gasteiger partial charge on any atom is 0.257 e. The van der Waals surface area contributed by atoms with Crippen LogP contribution in [0.3, 0.4) is 0 Å². The van der Waals surface area contributed by atoms with Crippen molar-refractivity contribution in [1.29, 1.82) is 0 Å². The van der Waals surface area contributed by atoms with Crippen molar-refractivity contribution in [3.05, 3.63) is 48.2 Å². The van der Waals surface area contributed by atoms with Gasteiger partial charge in [0, 0.05) is 25.7 Å². The number of piperidine rings is 1. The van der Waals surface area contributed by atoms with Crippen LogP contribution >= 0.6 is 0 Å². The second-order valence-corrected chi connectivity index (χ2v) is 9.66. The molecule has 2 aliphatic heterocycles. The number of hydrogen-bond acceptors (Lipinski definition) is 5. The minimum absolute atomic E-state index is 0.0922. The van der Waals surface area contributed by atoms with E-state index < -0.39 is 0 Å². The molecule has 0 spiro atoms. The highest BCUT2D eigenvalue weighted by atomic mass is 16.2. The predicted molar refractivity (Wildman–Crippen MR) is 141 cm³/mol. The Balaban J connectivity index is 1.35. The molecule has 8 nitrogen and oxygen atoms in total. The van der Waals surface area contributed by atoms with E-state index in [0.29, 0.717) is 35.1 Å². The fraction of sp³-hybridized carbons (Fsp3) is 0.500. The van der Waals surface area contributed by atoms with Crippen molar-refractivity contribution >= 4 is 34.9 Å². The van der Waals surface area contributed by atoms with Crippen molar-refractivity contribution in [3.8, 4) is 0 Å². The Morgan fingerprint density at radius 2 is 1.89 bits per heavy atom. The van der Waals surface area contributed by atoms with E-state index in [4.69, 9.17) is 0 Å². The van der Waals surface area contributed by atoms with Crippen molar-refractivity contribution in [2.45, 2.75) is 52.4 Å². The number of fused-ring (bicyclic) bond motifs is 2. The van der Waals surface area contributed by atoms with Gasteiger partial charge in [-0.2, -0.15) is 0 Å². The Kier molecular flexibility index (Phi) is 8.70. The number of amides is 3. The number of rotatable bonds is 9. The van der Waals surface area contributed by atoms with E-state index in [1.807, 2.05) is 24.8 Å². The number of para-hydroxylation sites is 1. The number of nitrogens with zero attached hydrogens (tertiary/aromatic N) is 4. The maximum atomic E-state index is 13.6. The molecule has 3 amide bonds. The molecule has 1 N–H and O–H groups in total. The van der Waals surface area contributed by atoms with Gasteiger partial charge < -0.3 is 10.2 Å². The third-order valence-corrected chi connectivity index (χ3v) is 7.19. The summed E-state index contributed by atoms with van der Waals surface area (Å²) in [4.78, 5) is 48.8. The molecule has 0 saturated carbocycles. The van der Waals surface area contributed by atoms with Crippen LogP contribution in [0.4, 0.5) is 17.2 Å². The van der Waals surface area contributed by atoms with Crippen LogP contribution in [0.5, 0.6) is 0 Å². The van der Waals surface area contributed by atoms with E-state index in [1.54, 1.807) is 41.4 Å². The molecule has 2 aliphatic rings. The lowest BCUT2D eigenvalue weighted by atomic mass is 9.92. The van der Waals surface area contributed by atoms with E-state index in [1.165, 1.54) is 0 Å². The first-order chi connectivity index (χ1) is 17.5. The third kappa shape index (κ3) is 5.93. The van der Waals surface area contributed by atoms with Crippen LogP contribution in [0.15, 0.2) is 42.6 Å². The molecular formula is C28H37N5O3. The predicted octanol–water partition coefficient (Wildman–Crippen LogP) is 4.45. The summed E-state index contributed by atoms with van der Waals surface area (Å²) in [6.07, 6.45) is 7.40. The van der Waals surface area contributed by atoms with Crippen LogP contribution in [0.2, 0.25) is 0 Å². The first kappa shape index (κ1) is 25.8. The second kappa shape index (κ2) is 12.1. The van der Waals surface area contributed by atoms with Crippen LogP contribution in [0.25, 0.3) is 0 Å². The summed E-state index contributed by atoms with van der Waals surface area (Å²) in [7, 11) is 0. The zero-order valence-corrected chi connectivity index (χ0v) is 21.4. The van der Waals surface area contributed by atoms with E-state index >= 15 is 0 Å². The van der Waals surface area contributed by atoms with E-state index in [0.717, 1.165) is 58.3 Å². The Labute approximate surface area is 213 Å². The molecule has 0 bridgehead atoms. The van der Waals surface area contributed by atoms with Gasteiger partial charge in [0.2, 0.25) is 11.8 Å². The van der Waals surface area contributed by atoms with Crippen molar-refractivity contribution in [2.24, 2.45) is 5.92 Å². The number of carbonyl (C=O) groups excluding carboxylic acids is 3. The first-order valence-corrected chi connectivity index (χ1v) is 13.2. The summed E-state index contributed by atoms with van der Waals surface area (Å²) < 4.78 is 0. The van der Waals surface area contributed by atoms with Crippen LogP contribution in [-0.2, 0) is 9.59 Å². The number of benzene rings is 1. The number of carbonyl (C=O) groups is 3.